The van der Waals surface area contributed by atoms with Crippen LogP contribution in [0.1, 0.15) is 48.8 Å². The summed E-state index contributed by atoms with van der Waals surface area (Å²) in [6, 6.07) is 2.76. The van der Waals surface area contributed by atoms with Crippen LogP contribution in [0.5, 0.6) is 0 Å². The van der Waals surface area contributed by atoms with Gasteiger partial charge >= 0.3 is 0 Å². The highest BCUT2D eigenvalue weighted by molar-refractivity contribution is 7.69. The van der Waals surface area contributed by atoms with Gasteiger partial charge in [-0.3, -0.25) is 4.79 Å². The van der Waals surface area contributed by atoms with Crippen molar-refractivity contribution < 1.29 is 18.1 Å². The van der Waals surface area contributed by atoms with Gasteiger partial charge in [-0.1, -0.05) is 13.8 Å². The monoisotopic (exact) mass is 311 g/mol. The fraction of sp³-hybridized carbons (Fsp3) is 0.467. The SMILES string of the molecule is CC(C)c1cc(F)cc(C2CCOC2)c1C(=S=O)C(N)=O. The highest BCUT2D eigenvalue weighted by atomic mass is 32.1. The minimum Gasteiger partial charge on any atom is -0.381 e. The summed E-state index contributed by atoms with van der Waals surface area (Å²) in [4.78, 5) is 11.5. The largest absolute Gasteiger partial charge is 0.381 e. The van der Waals surface area contributed by atoms with Crippen molar-refractivity contribution in [3.05, 3.63) is 34.6 Å². The molecule has 0 bridgehead atoms. The Morgan fingerprint density at radius 2 is 2.19 bits per heavy atom. The van der Waals surface area contributed by atoms with E-state index in [9.17, 15) is 13.4 Å². The number of amides is 1. The summed E-state index contributed by atoms with van der Waals surface area (Å²) in [5, 5.41) is 0. The summed E-state index contributed by atoms with van der Waals surface area (Å²) in [6.07, 6.45) is 0.740. The third-order valence-corrected chi connectivity index (χ3v) is 4.26. The number of hydrogen-bond donors (Lipinski definition) is 1. The van der Waals surface area contributed by atoms with Crippen LogP contribution in [0.25, 0.3) is 0 Å². The zero-order valence-corrected chi connectivity index (χ0v) is 12.8. The van der Waals surface area contributed by atoms with Crippen molar-refractivity contribution in [3.63, 3.8) is 0 Å². The first-order valence-electron chi connectivity index (χ1n) is 6.83. The van der Waals surface area contributed by atoms with Gasteiger partial charge in [0.25, 0.3) is 5.91 Å². The molecule has 114 valence electrons. The molecule has 1 unspecified atom stereocenters. The van der Waals surface area contributed by atoms with E-state index in [0.717, 1.165) is 6.42 Å². The molecule has 0 radical (unpaired) electrons. The van der Waals surface area contributed by atoms with Crippen molar-refractivity contribution in [2.75, 3.05) is 13.2 Å². The Morgan fingerprint density at radius 3 is 2.67 bits per heavy atom. The number of rotatable bonds is 4. The van der Waals surface area contributed by atoms with Gasteiger partial charge in [-0.25, -0.2) is 8.60 Å². The molecule has 21 heavy (non-hydrogen) atoms. The third kappa shape index (κ3) is 3.22. The first kappa shape index (κ1) is 15.9. The Kier molecular flexibility index (Phi) is 4.90. The fourth-order valence-electron chi connectivity index (χ4n) is 2.68. The van der Waals surface area contributed by atoms with Crippen LogP contribution in [0.3, 0.4) is 0 Å². The molecule has 1 aromatic rings. The number of halogens is 1. The average molecular weight is 311 g/mol. The van der Waals surface area contributed by atoms with Gasteiger partial charge in [0, 0.05) is 18.1 Å². The molecule has 1 aliphatic heterocycles. The van der Waals surface area contributed by atoms with Crippen molar-refractivity contribution in [2.24, 2.45) is 5.73 Å². The summed E-state index contributed by atoms with van der Waals surface area (Å²) in [5.41, 5.74) is 7.11. The lowest BCUT2D eigenvalue weighted by atomic mass is 9.85. The maximum Gasteiger partial charge on any atom is 0.262 e. The highest BCUT2D eigenvalue weighted by Crippen LogP contribution is 2.33. The van der Waals surface area contributed by atoms with E-state index in [2.05, 4.69) is 0 Å². The number of benzene rings is 1. The second-order valence-electron chi connectivity index (χ2n) is 5.45. The molecule has 0 aliphatic carbocycles. The molecular formula is C15H18FNO3S. The number of primary amides is 1. The second kappa shape index (κ2) is 6.49. The predicted octanol–water partition coefficient (Wildman–Crippen LogP) is 1.67. The molecule has 2 rings (SSSR count). The first-order chi connectivity index (χ1) is 9.95. The van der Waals surface area contributed by atoms with Crippen LogP contribution in [0.15, 0.2) is 12.1 Å². The minimum atomic E-state index is -0.774. The zero-order chi connectivity index (χ0) is 15.6. The molecular weight excluding hydrogens is 293 g/mol. The van der Waals surface area contributed by atoms with Gasteiger partial charge in [0.1, 0.15) is 21.9 Å². The number of carbonyl (C=O) groups excluding carboxylic acids is 1. The summed E-state index contributed by atoms with van der Waals surface area (Å²) >= 11 is 0.0704. The molecule has 1 amide bonds. The Morgan fingerprint density at radius 1 is 1.48 bits per heavy atom. The van der Waals surface area contributed by atoms with Crippen LogP contribution in [-0.2, 0) is 20.8 Å². The lowest BCUT2D eigenvalue weighted by Gasteiger charge is -2.20. The Balaban J connectivity index is 2.72. The Hall–Kier alpha value is -1.53. The van der Waals surface area contributed by atoms with E-state index < -0.39 is 5.91 Å². The molecule has 0 saturated carbocycles. The lowest BCUT2D eigenvalue weighted by Crippen LogP contribution is -2.27. The van der Waals surface area contributed by atoms with E-state index >= 15 is 0 Å². The van der Waals surface area contributed by atoms with Gasteiger partial charge in [0.15, 0.2) is 0 Å². The molecule has 1 aliphatic rings. The lowest BCUT2D eigenvalue weighted by molar-refractivity contribution is -0.111. The van der Waals surface area contributed by atoms with E-state index in [1.807, 2.05) is 13.8 Å². The van der Waals surface area contributed by atoms with Crippen molar-refractivity contribution in [1.29, 1.82) is 0 Å². The molecule has 1 aromatic carbocycles. The van der Waals surface area contributed by atoms with Crippen molar-refractivity contribution >= 4 is 22.0 Å². The zero-order valence-electron chi connectivity index (χ0n) is 12.0. The maximum absolute atomic E-state index is 13.9. The molecule has 1 atom stereocenters. The van der Waals surface area contributed by atoms with Crippen LogP contribution < -0.4 is 5.73 Å². The Labute approximate surface area is 126 Å². The maximum atomic E-state index is 13.9. The normalized spacial score (nSPS) is 18.0. The van der Waals surface area contributed by atoms with Gasteiger partial charge in [0.05, 0.1) is 6.61 Å². The topological polar surface area (TPSA) is 69.4 Å². The molecule has 1 heterocycles. The van der Waals surface area contributed by atoms with E-state index in [0.29, 0.717) is 29.9 Å². The Bertz CT molecular complexity index is 618. The average Bonchev–Trinajstić information content (AvgIpc) is 2.93. The first-order valence-corrected chi connectivity index (χ1v) is 7.57. The van der Waals surface area contributed by atoms with Gasteiger partial charge in [-0.2, -0.15) is 0 Å². The van der Waals surface area contributed by atoms with Gasteiger partial charge in [-0.05, 0) is 35.6 Å². The van der Waals surface area contributed by atoms with Crippen LogP contribution >= 0.6 is 0 Å². The number of nitrogens with two attached hydrogens (primary N) is 1. The van der Waals surface area contributed by atoms with Crippen molar-refractivity contribution in [2.45, 2.75) is 32.1 Å². The molecule has 6 heteroatoms. The third-order valence-electron chi connectivity index (χ3n) is 3.69. The minimum absolute atomic E-state index is 0.0188. The van der Waals surface area contributed by atoms with E-state index in [4.69, 9.17) is 10.5 Å². The smallest absolute Gasteiger partial charge is 0.262 e. The quantitative estimate of drug-likeness (QED) is 0.679. The predicted molar refractivity (Wildman–Crippen MR) is 80.1 cm³/mol. The van der Waals surface area contributed by atoms with E-state index in [-0.39, 0.29) is 33.8 Å². The van der Waals surface area contributed by atoms with E-state index in [1.165, 1.54) is 12.1 Å². The fourth-order valence-corrected chi connectivity index (χ4v) is 3.08. The van der Waals surface area contributed by atoms with Crippen LogP contribution in [0, 0.1) is 5.82 Å². The highest BCUT2D eigenvalue weighted by Gasteiger charge is 2.28. The summed E-state index contributed by atoms with van der Waals surface area (Å²) < 4.78 is 30.6. The standard InChI is InChI=1S/C15H18FNO3S/c1-8(2)11-5-10(16)6-12(9-3-4-20-7-9)13(11)14(21-19)15(17)18/h5-6,8-9H,3-4,7H2,1-2H3,(H2,17,18). The molecule has 0 spiro atoms. The molecule has 1 saturated heterocycles. The van der Waals surface area contributed by atoms with Crippen LogP contribution in [-0.4, -0.2) is 28.2 Å². The van der Waals surface area contributed by atoms with Gasteiger partial charge in [-0.15, -0.1) is 0 Å². The summed E-state index contributed by atoms with van der Waals surface area (Å²) in [6.45, 7) is 4.83. The van der Waals surface area contributed by atoms with Gasteiger partial charge in [0.2, 0.25) is 0 Å². The van der Waals surface area contributed by atoms with Crippen molar-refractivity contribution in [3.8, 4) is 0 Å². The second-order valence-corrected chi connectivity index (χ2v) is 6.03. The van der Waals surface area contributed by atoms with E-state index in [1.54, 1.807) is 0 Å². The molecule has 1 fully saturated rings. The summed E-state index contributed by atoms with van der Waals surface area (Å²) in [5.74, 6) is -1.19. The molecule has 4 nitrogen and oxygen atoms in total. The van der Waals surface area contributed by atoms with Crippen molar-refractivity contribution in [1.82, 2.24) is 0 Å². The summed E-state index contributed by atoms with van der Waals surface area (Å²) in [7, 11) is 0. The van der Waals surface area contributed by atoms with Crippen LogP contribution in [0.4, 0.5) is 4.39 Å². The molecule has 0 aromatic heterocycles. The van der Waals surface area contributed by atoms with Gasteiger partial charge < -0.3 is 10.5 Å². The number of carbonyl (C=O) groups is 1. The molecule has 2 N–H and O–H groups in total. The number of ether oxygens (including phenoxy) is 1. The number of hydrogen-bond acceptors (Lipinski definition) is 3. The van der Waals surface area contributed by atoms with Crippen LogP contribution in [0.2, 0.25) is 0 Å².